The second kappa shape index (κ2) is 7.00. The van der Waals surface area contributed by atoms with Gasteiger partial charge in [0.15, 0.2) is 11.5 Å². The first kappa shape index (κ1) is 15.9. The number of halogens is 2. The van der Waals surface area contributed by atoms with Gasteiger partial charge in [-0.2, -0.15) is 0 Å². The molecule has 0 aliphatic carbocycles. The molecule has 0 bridgehead atoms. The number of hydrogen-bond acceptors (Lipinski definition) is 4. The van der Waals surface area contributed by atoms with E-state index in [9.17, 15) is 0 Å². The lowest BCUT2D eigenvalue weighted by Crippen LogP contribution is -2.29. The minimum atomic E-state index is -0.309. The van der Waals surface area contributed by atoms with Crippen LogP contribution in [0.15, 0.2) is 36.4 Å². The molecule has 0 saturated heterocycles. The molecule has 6 heteroatoms. The molecule has 1 unspecified atom stereocenters. The first-order valence-electron chi connectivity index (χ1n) is 6.24. The molecule has 0 radical (unpaired) electrons. The van der Waals surface area contributed by atoms with Crippen LogP contribution in [0.25, 0.3) is 0 Å². The Morgan fingerprint density at radius 2 is 1.76 bits per heavy atom. The lowest BCUT2D eigenvalue weighted by molar-refractivity contribution is 0.354. The van der Waals surface area contributed by atoms with Crippen LogP contribution < -0.4 is 20.7 Å². The molecule has 0 aliphatic heterocycles. The number of nitrogens with one attached hydrogen (secondary N) is 1. The van der Waals surface area contributed by atoms with Crippen LogP contribution in [0.1, 0.15) is 17.2 Å². The molecule has 112 valence electrons. The number of rotatable bonds is 5. The Balaban J connectivity index is 2.53. The molecule has 0 spiro atoms. The van der Waals surface area contributed by atoms with E-state index in [-0.39, 0.29) is 6.04 Å². The SMILES string of the molecule is COc1cc(C(NN)c2ccccc2Cl)cc(Cl)c1OC. The molecule has 0 aromatic heterocycles. The van der Waals surface area contributed by atoms with Crippen LogP contribution in [0.3, 0.4) is 0 Å². The van der Waals surface area contributed by atoms with E-state index in [1.54, 1.807) is 13.2 Å². The van der Waals surface area contributed by atoms with Crippen LogP contribution in [0.5, 0.6) is 11.5 Å². The first-order chi connectivity index (χ1) is 10.1. The first-order valence-corrected chi connectivity index (χ1v) is 7.00. The van der Waals surface area contributed by atoms with Crippen molar-refractivity contribution in [1.82, 2.24) is 5.43 Å². The van der Waals surface area contributed by atoms with Gasteiger partial charge in [-0.3, -0.25) is 5.84 Å². The van der Waals surface area contributed by atoms with E-state index in [0.29, 0.717) is 21.5 Å². The van der Waals surface area contributed by atoms with E-state index in [4.69, 9.17) is 38.5 Å². The van der Waals surface area contributed by atoms with Crippen molar-refractivity contribution in [2.24, 2.45) is 5.84 Å². The van der Waals surface area contributed by atoms with Crippen molar-refractivity contribution in [1.29, 1.82) is 0 Å². The second-order valence-electron chi connectivity index (χ2n) is 4.36. The lowest BCUT2D eigenvalue weighted by Gasteiger charge is -2.20. The maximum Gasteiger partial charge on any atom is 0.179 e. The third-order valence-electron chi connectivity index (χ3n) is 3.17. The molecule has 1 atom stereocenters. The van der Waals surface area contributed by atoms with Crippen LogP contribution >= 0.6 is 23.2 Å². The average molecular weight is 327 g/mol. The Hall–Kier alpha value is -1.46. The number of methoxy groups -OCH3 is 2. The van der Waals surface area contributed by atoms with E-state index in [1.807, 2.05) is 30.3 Å². The van der Waals surface area contributed by atoms with Crippen molar-refractivity contribution in [3.8, 4) is 11.5 Å². The zero-order valence-electron chi connectivity index (χ0n) is 11.7. The highest BCUT2D eigenvalue weighted by atomic mass is 35.5. The van der Waals surface area contributed by atoms with Crippen molar-refractivity contribution in [3.05, 3.63) is 57.6 Å². The van der Waals surface area contributed by atoms with Crippen molar-refractivity contribution in [2.75, 3.05) is 14.2 Å². The van der Waals surface area contributed by atoms with Gasteiger partial charge in [-0.15, -0.1) is 0 Å². The Morgan fingerprint density at radius 3 is 2.33 bits per heavy atom. The summed E-state index contributed by atoms with van der Waals surface area (Å²) in [5.41, 5.74) is 4.43. The van der Waals surface area contributed by atoms with E-state index in [2.05, 4.69) is 5.43 Å². The number of benzene rings is 2. The summed E-state index contributed by atoms with van der Waals surface area (Å²) < 4.78 is 10.5. The molecule has 4 nitrogen and oxygen atoms in total. The summed E-state index contributed by atoms with van der Waals surface area (Å²) in [6.07, 6.45) is 0. The Kier molecular flexibility index (Phi) is 5.31. The minimum absolute atomic E-state index is 0.309. The molecule has 0 saturated carbocycles. The van der Waals surface area contributed by atoms with Crippen LogP contribution in [0.4, 0.5) is 0 Å². The van der Waals surface area contributed by atoms with Crippen LogP contribution in [0, 0.1) is 0 Å². The van der Waals surface area contributed by atoms with Gasteiger partial charge in [-0.25, -0.2) is 5.43 Å². The fraction of sp³-hybridized carbons (Fsp3) is 0.200. The summed E-state index contributed by atoms with van der Waals surface area (Å²) >= 11 is 12.5. The second-order valence-corrected chi connectivity index (χ2v) is 5.17. The highest BCUT2D eigenvalue weighted by Crippen LogP contribution is 2.39. The van der Waals surface area contributed by atoms with Crippen molar-refractivity contribution < 1.29 is 9.47 Å². The zero-order chi connectivity index (χ0) is 15.4. The molecule has 2 aromatic carbocycles. The predicted octanol–water partition coefficient (Wildman–Crippen LogP) is 3.56. The van der Waals surface area contributed by atoms with Gasteiger partial charge >= 0.3 is 0 Å². The highest BCUT2D eigenvalue weighted by molar-refractivity contribution is 6.32. The molecular formula is C15H16Cl2N2O2. The van der Waals surface area contributed by atoms with Crippen LogP contribution in [0.2, 0.25) is 10.0 Å². The van der Waals surface area contributed by atoms with E-state index in [0.717, 1.165) is 11.1 Å². The maximum absolute atomic E-state index is 6.24. The number of nitrogens with two attached hydrogens (primary N) is 1. The van der Waals surface area contributed by atoms with Gasteiger partial charge in [0.25, 0.3) is 0 Å². The van der Waals surface area contributed by atoms with Gasteiger partial charge in [0, 0.05) is 5.02 Å². The van der Waals surface area contributed by atoms with Gasteiger partial charge in [0.1, 0.15) is 0 Å². The summed E-state index contributed by atoms with van der Waals surface area (Å²) in [5.74, 6) is 6.71. The third-order valence-corrected chi connectivity index (χ3v) is 3.80. The largest absolute Gasteiger partial charge is 0.493 e. The normalized spacial score (nSPS) is 12.0. The Morgan fingerprint density at radius 1 is 1.05 bits per heavy atom. The predicted molar refractivity (Wildman–Crippen MR) is 85.2 cm³/mol. The van der Waals surface area contributed by atoms with E-state index < -0.39 is 0 Å². The molecule has 0 heterocycles. The highest BCUT2D eigenvalue weighted by Gasteiger charge is 2.19. The van der Waals surface area contributed by atoms with Crippen LogP contribution in [-0.2, 0) is 0 Å². The summed E-state index contributed by atoms with van der Waals surface area (Å²) in [6.45, 7) is 0. The fourth-order valence-electron chi connectivity index (χ4n) is 2.18. The molecule has 21 heavy (non-hydrogen) atoms. The molecule has 2 aromatic rings. The summed E-state index contributed by atoms with van der Waals surface area (Å²) in [4.78, 5) is 0. The summed E-state index contributed by atoms with van der Waals surface area (Å²) in [6, 6.07) is 10.8. The molecule has 3 N–H and O–H groups in total. The quantitative estimate of drug-likeness (QED) is 0.651. The van der Waals surface area contributed by atoms with Crippen molar-refractivity contribution >= 4 is 23.2 Å². The van der Waals surface area contributed by atoms with Gasteiger partial charge in [0.2, 0.25) is 0 Å². The average Bonchev–Trinajstić information content (AvgIpc) is 2.49. The van der Waals surface area contributed by atoms with Gasteiger partial charge in [-0.1, -0.05) is 41.4 Å². The van der Waals surface area contributed by atoms with E-state index in [1.165, 1.54) is 7.11 Å². The molecule has 2 rings (SSSR count). The Labute approximate surface area is 133 Å². The smallest absolute Gasteiger partial charge is 0.179 e. The molecule has 0 fully saturated rings. The van der Waals surface area contributed by atoms with Gasteiger partial charge in [0.05, 0.1) is 25.3 Å². The topological polar surface area (TPSA) is 56.5 Å². The summed E-state index contributed by atoms with van der Waals surface area (Å²) in [7, 11) is 3.09. The number of hydrazine groups is 1. The lowest BCUT2D eigenvalue weighted by atomic mass is 9.98. The van der Waals surface area contributed by atoms with Gasteiger partial charge in [-0.05, 0) is 29.3 Å². The maximum atomic E-state index is 6.24. The molecule has 0 amide bonds. The Bertz CT molecular complexity index is 635. The standard InChI is InChI=1S/C15H16Cl2N2O2/c1-20-13-8-9(7-12(17)15(13)21-2)14(19-18)10-5-3-4-6-11(10)16/h3-8,14,19H,18H2,1-2H3. The fourth-order valence-corrected chi connectivity index (χ4v) is 2.72. The zero-order valence-corrected chi connectivity index (χ0v) is 13.2. The number of ether oxygens (including phenoxy) is 2. The van der Waals surface area contributed by atoms with Gasteiger partial charge < -0.3 is 9.47 Å². The molecular weight excluding hydrogens is 311 g/mol. The third kappa shape index (κ3) is 3.24. The van der Waals surface area contributed by atoms with Crippen LogP contribution in [-0.4, -0.2) is 14.2 Å². The minimum Gasteiger partial charge on any atom is -0.493 e. The van der Waals surface area contributed by atoms with Crippen molar-refractivity contribution in [2.45, 2.75) is 6.04 Å². The monoisotopic (exact) mass is 326 g/mol. The summed E-state index contributed by atoms with van der Waals surface area (Å²) in [5, 5.41) is 1.06. The number of hydrogen-bond donors (Lipinski definition) is 2. The van der Waals surface area contributed by atoms with E-state index >= 15 is 0 Å². The van der Waals surface area contributed by atoms with Crippen molar-refractivity contribution in [3.63, 3.8) is 0 Å². The molecule has 0 aliphatic rings.